The molecule has 2 atom stereocenters. The van der Waals surface area contributed by atoms with Crippen LogP contribution in [0.2, 0.25) is 0 Å². The molecular formula is C24H21FN4O2S. The average Bonchev–Trinajstić information content (AvgIpc) is 3.31. The topological polar surface area (TPSA) is 86.1 Å². The summed E-state index contributed by atoms with van der Waals surface area (Å²) in [5.41, 5.74) is 2.08. The van der Waals surface area contributed by atoms with Crippen LogP contribution in [0.5, 0.6) is 0 Å². The van der Waals surface area contributed by atoms with E-state index in [9.17, 15) is 14.0 Å². The highest BCUT2D eigenvalue weighted by Gasteiger charge is 2.44. The Balaban J connectivity index is 1.81. The van der Waals surface area contributed by atoms with Gasteiger partial charge in [0.2, 0.25) is 5.91 Å². The smallest absolute Gasteiger partial charge is 0.254 e. The fourth-order valence-electron chi connectivity index (χ4n) is 4.11. The number of rotatable bonds is 5. The number of carbonyl (C=O) groups is 2. The maximum Gasteiger partial charge on any atom is 0.254 e. The van der Waals surface area contributed by atoms with Crippen molar-refractivity contribution in [2.24, 2.45) is 5.92 Å². The third-order valence-electron chi connectivity index (χ3n) is 5.43. The van der Waals surface area contributed by atoms with E-state index in [0.29, 0.717) is 23.4 Å². The number of hydrogen-bond acceptors (Lipinski definition) is 5. The molecule has 0 spiro atoms. The molecule has 2 aromatic carbocycles. The molecule has 1 aliphatic heterocycles. The fraction of sp³-hybridized carbons (Fsp3) is 0.250. The number of nitrogens with zero attached hydrogens (tertiary/aromatic N) is 3. The first-order valence-corrected chi connectivity index (χ1v) is 11.0. The predicted octanol–water partition coefficient (Wildman–Crippen LogP) is 4.73. The zero-order valence-electron chi connectivity index (χ0n) is 17.6. The van der Waals surface area contributed by atoms with E-state index in [1.54, 1.807) is 41.4 Å². The molecule has 2 unspecified atom stereocenters. The summed E-state index contributed by atoms with van der Waals surface area (Å²) in [5.74, 6) is -1.62. The molecule has 0 bridgehead atoms. The van der Waals surface area contributed by atoms with Crippen molar-refractivity contribution < 1.29 is 14.0 Å². The van der Waals surface area contributed by atoms with Gasteiger partial charge in [-0.1, -0.05) is 32.0 Å². The number of amides is 2. The molecule has 6 nitrogen and oxygen atoms in total. The minimum absolute atomic E-state index is 0.122. The lowest BCUT2D eigenvalue weighted by atomic mass is 9.79. The molecule has 0 aliphatic carbocycles. The molecule has 0 saturated heterocycles. The Morgan fingerprint density at radius 1 is 1.31 bits per heavy atom. The Hall–Kier alpha value is -3.57. The number of aromatic nitrogens is 1. The van der Waals surface area contributed by atoms with E-state index in [1.165, 1.54) is 23.7 Å². The molecule has 0 radical (unpaired) electrons. The van der Waals surface area contributed by atoms with Gasteiger partial charge in [0.25, 0.3) is 5.91 Å². The van der Waals surface area contributed by atoms with Crippen LogP contribution in [0.25, 0.3) is 0 Å². The van der Waals surface area contributed by atoms with Crippen LogP contribution in [0.1, 0.15) is 52.9 Å². The third kappa shape index (κ3) is 3.99. The summed E-state index contributed by atoms with van der Waals surface area (Å²) in [7, 11) is 0. The van der Waals surface area contributed by atoms with Gasteiger partial charge in [-0.2, -0.15) is 5.26 Å². The zero-order chi connectivity index (χ0) is 22.8. The number of nitrogens with one attached hydrogen (secondary N) is 1. The van der Waals surface area contributed by atoms with Gasteiger partial charge < -0.3 is 10.2 Å². The second kappa shape index (κ2) is 8.89. The van der Waals surface area contributed by atoms with Gasteiger partial charge in [0.05, 0.1) is 17.5 Å². The first kappa shape index (κ1) is 21.7. The minimum atomic E-state index is -0.699. The van der Waals surface area contributed by atoms with Crippen LogP contribution in [-0.4, -0.2) is 27.6 Å². The van der Waals surface area contributed by atoms with Crippen molar-refractivity contribution in [1.29, 1.82) is 5.26 Å². The van der Waals surface area contributed by atoms with Crippen molar-refractivity contribution in [3.63, 3.8) is 0 Å². The maximum absolute atomic E-state index is 13.7. The third-order valence-corrected chi connectivity index (χ3v) is 6.03. The highest BCUT2D eigenvalue weighted by molar-refractivity contribution is 7.03. The maximum atomic E-state index is 13.7. The van der Waals surface area contributed by atoms with Crippen molar-refractivity contribution in [1.82, 2.24) is 9.27 Å². The van der Waals surface area contributed by atoms with Crippen molar-refractivity contribution >= 4 is 29.0 Å². The van der Waals surface area contributed by atoms with Crippen LogP contribution >= 0.6 is 11.5 Å². The fourth-order valence-corrected chi connectivity index (χ4v) is 4.67. The van der Waals surface area contributed by atoms with E-state index in [1.807, 2.05) is 19.2 Å². The van der Waals surface area contributed by atoms with Crippen LogP contribution in [0.4, 0.5) is 10.1 Å². The van der Waals surface area contributed by atoms with Crippen molar-refractivity contribution in [3.05, 3.63) is 82.1 Å². The standard InChI is InChI=1S/C24H21FN4O2S/c1-14(2)12-29-22(16-11-27-32-13-16)21(18-5-3-4-6-19(18)24(29)31)23(30)28-17-7-8-20(25)15(9-17)10-26/h3-9,11,13-14,21-22H,12H2,1-2H3,(H,28,30). The number of anilines is 1. The van der Waals surface area contributed by atoms with Gasteiger partial charge in [0.15, 0.2) is 0 Å². The van der Waals surface area contributed by atoms with Gasteiger partial charge in [0.1, 0.15) is 11.9 Å². The lowest BCUT2D eigenvalue weighted by Gasteiger charge is -2.42. The van der Waals surface area contributed by atoms with E-state index < -0.39 is 17.8 Å². The van der Waals surface area contributed by atoms with Gasteiger partial charge >= 0.3 is 0 Å². The molecule has 1 aromatic heterocycles. The zero-order valence-corrected chi connectivity index (χ0v) is 18.4. The summed E-state index contributed by atoms with van der Waals surface area (Å²) in [6, 6.07) is 12.2. The Bertz CT molecular complexity index is 1200. The largest absolute Gasteiger partial charge is 0.330 e. The van der Waals surface area contributed by atoms with Crippen LogP contribution in [-0.2, 0) is 4.79 Å². The van der Waals surface area contributed by atoms with E-state index in [-0.39, 0.29) is 23.3 Å². The molecule has 8 heteroatoms. The van der Waals surface area contributed by atoms with E-state index >= 15 is 0 Å². The summed E-state index contributed by atoms with van der Waals surface area (Å²) < 4.78 is 17.9. The molecule has 3 aromatic rings. The first-order valence-electron chi connectivity index (χ1n) is 10.2. The molecule has 1 aliphatic rings. The second-order valence-electron chi connectivity index (χ2n) is 8.11. The monoisotopic (exact) mass is 448 g/mol. The summed E-state index contributed by atoms with van der Waals surface area (Å²) in [4.78, 5) is 28.8. The van der Waals surface area contributed by atoms with Crippen molar-refractivity contribution in [3.8, 4) is 6.07 Å². The molecule has 2 amide bonds. The summed E-state index contributed by atoms with van der Waals surface area (Å²) in [6.07, 6.45) is 1.69. The molecular weight excluding hydrogens is 427 g/mol. The van der Waals surface area contributed by atoms with Crippen LogP contribution in [0.3, 0.4) is 0 Å². The molecule has 4 rings (SSSR count). The van der Waals surface area contributed by atoms with Crippen molar-refractivity contribution in [2.75, 3.05) is 11.9 Å². The number of hydrogen-bond donors (Lipinski definition) is 1. The number of benzene rings is 2. The summed E-state index contributed by atoms with van der Waals surface area (Å²) in [5, 5.41) is 13.8. The normalized spacial score (nSPS) is 17.7. The Labute approximate surface area is 189 Å². The second-order valence-corrected chi connectivity index (χ2v) is 8.77. The molecule has 2 heterocycles. The molecule has 0 fully saturated rings. The number of nitriles is 1. The van der Waals surface area contributed by atoms with E-state index in [2.05, 4.69) is 9.69 Å². The lowest BCUT2D eigenvalue weighted by molar-refractivity contribution is -0.119. The van der Waals surface area contributed by atoms with Gasteiger partial charge in [-0.25, -0.2) is 8.76 Å². The average molecular weight is 449 g/mol. The van der Waals surface area contributed by atoms with Gasteiger partial charge in [-0.15, -0.1) is 0 Å². The molecule has 32 heavy (non-hydrogen) atoms. The van der Waals surface area contributed by atoms with Gasteiger partial charge in [-0.3, -0.25) is 9.59 Å². The summed E-state index contributed by atoms with van der Waals surface area (Å²) in [6.45, 7) is 4.52. The Morgan fingerprint density at radius 3 is 2.78 bits per heavy atom. The van der Waals surface area contributed by atoms with Gasteiger partial charge in [-0.05, 0) is 47.3 Å². The molecule has 0 saturated carbocycles. The Kier molecular flexibility index (Phi) is 6.01. The van der Waals surface area contributed by atoms with E-state index in [0.717, 1.165) is 11.6 Å². The quantitative estimate of drug-likeness (QED) is 0.611. The molecule has 1 N–H and O–H groups in total. The van der Waals surface area contributed by atoms with Crippen LogP contribution in [0.15, 0.2) is 54.0 Å². The van der Waals surface area contributed by atoms with Crippen molar-refractivity contribution in [2.45, 2.75) is 25.8 Å². The number of fused-ring (bicyclic) bond motifs is 1. The van der Waals surface area contributed by atoms with Crippen LogP contribution in [0, 0.1) is 23.1 Å². The highest BCUT2D eigenvalue weighted by atomic mass is 32.1. The molecule has 162 valence electrons. The predicted molar refractivity (Wildman–Crippen MR) is 120 cm³/mol. The lowest BCUT2D eigenvalue weighted by Crippen LogP contribution is -2.47. The Morgan fingerprint density at radius 2 is 2.09 bits per heavy atom. The minimum Gasteiger partial charge on any atom is -0.330 e. The summed E-state index contributed by atoms with van der Waals surface area (Å²) >= 11 is 1.26. The van der Waals surface area contributed by atoms with Crippen LogP contribution < -0.4 is 5.32 Å². The first-order chi connectivity index (χ1) is 15.4. The number of halogens is 1. The van der Waals surface area contributed by atoms with E-state index in [4.69, 9.17) is 5.26 Å². The van der Waals surface area contributed by atoms with Gasteiger partial charge in [0, 0.05) is 34.9 Å². The number of carbonyl (C=O) groups excluding carboxylic acids is 2. The highest BCUT2D eigenvalue weighted by Crippen LogP contribution is 2.43. The SMILES string of the molecule is CC(C)CN1C(=O)c2ccccc2C(C(=O)Nc2ccc(F)c(C#N)c2)C1c1cnsc1.